The van der Waals surface area contributed by atoms with Crippen molar-refractivity contribution in [3.05, 3.63) is 90.1 Å². The Morgan fingerprint density at radius 2 is 1.62 bits per heavy atom. The highest BCUT2D eigenvalue weighted by Crippen LogP contribution is 2.34. The Morgan fingerprint density at radius 1 is 0.958 bits per heavy atom. The predicted molar refractivity (Wildman–Crippen MR) is 100 cm³/mol. The highest BCUT2D eigenvalue weighted by Gasteiger charge is 2.23. The van der Waals surface area contributed by atoms with Crippen LogP contribution in [0.4, 0.5) is 0 Å². The summed E-state index contributed by atoms with van der Waals surface area (Å²) in [6, 6.07) is 21.2. The van der Waals surface area contributed by atoms with Gasteiger partial charge in [0.05, 0.1) is 13.2 Å². The minimum absolute atomic E-state index is 0.209. The molecule has 1 aliphatic rings. The Labute approximate surface area is 144 Å². The van der Waals surface area contributed by atoms with Gasteiger partial charge in [-0.1, -0.05) is 67.6 Å². The summed E-state index contributed by atoms with van der Waals surface area (Å²) in [6.45, 7) is 3.13. The van der Waals surface area contributed by atoms with E-state index in [0.29, 0.717) is 0 Å². The third-order valence-electron chi connectivity index (χ3n) is 4.30. The van der Waals surface area contributed by atoms with Crippen molar-refractivity contribution in [2.75, 3.05) is 13.7 Å². The number of nitrogens with zero attached hydrogens (tertiary/aromatic N) is 1. The van der Waals surface area contributed by atoms with Crippen LogP contribution in [0.15, 0.2) is 79.0 Å². The molecule has 0 amide bonds. The monoisotopic (exact) mass is 318 g/mol. The van der Waals surface area contributed by atoms with E-state index in [1.165, 1.54) is 16.7 Å². The molecule has 122 valence electrons. The second-order valence-electron chi connectivity index (χ2n) is 5.93. The van der Waals surface area contributed by atoms with Gasteiger partial charge < -0.3 is 4.74 Å². The lowest BCUT2D eigenvalue weighted by Crippen LogP contribution is -2.16. The van der Waals surface area contributed by atoms with Gasteiger partial charge >= 0.3 is 5.90 Å². The van der Waals surface area contributed by atoms with E-state index in [-0.39, 0.29) is 5.92 Å². The molecule has 0 spiro atoms. The van der Waals surface area contributed by atoms with Crippen LogP contribution in [0, 0.1) is 0 Å². The van der Waals surface area contributed by atoms with Gasteiger partial charge in [0, 0.05) is 12.3 Å². The minimum atomic E-state index is 0.209. The Bertz CT molecular complexity index is 757. The average molecular weight is 318 g/mol. The molecule has 0 N–H and O–H groups in total. The number of methoxy groups -OCH3 is 1. The van der Waals surface area contributed by atoms with Gasteiger partial charge in [0.1, 0.15) is 0 Å². The smallest absolute Gasteiger partial charge is 0.367 e. The van der Waals surface area contributed by atoms with Crippen molar-refractivity contribution in [2.24, 2.45) is 0 Å². The number of rotatable bonds is 4. The molecule has 0 saturated carbocycles. The molecular formula is C22H24NO+. The molecule has 2 aromatic carbocycles. The van der Waals surface area contributed by atoms with Crippen LogP contribution in [-0.4, -0.2) is 24.1 Å². The molecule has 2 aromatic rings. The third-order valence-corrected chi connectivity index (χ3v) is 4.30. The lowest BCUT2D eigenvalue weighted by atomic mass is 9.86. The van der Waals surface area contributed by atoms with Gasteiger partial charge in [-0.3, -0.25) is 0 Å². The summed E-state index contributed by atoms with van der Waals surface area (Å²) in [6.07, 6.45) is 7.69. The number of allylic oxidation sites excluding steroid dienone is 2. The Hall–Kier alpha value is -2.61. The summed E-state index contributed by atoms with van der Waals surface area (Å²) in [5.74, 6) is 1.10. The van der Waals surface area contributed by atoms with Crippen LogP contribution < -0.4 is 0 Å². The molecule has 3 rings (SSSR count). The molecule has 24 heavy (non-hydrogen) atoms. The van der Waals surface area contributed by atoms with Gasteiger partial charge in [-0.15, -0.1) is 0 Å². The summed E-state index contributed by atoms with van der Waals surface area (Å²) in [7, 11) is 1.74. The first-order valence-corrected chi connectivity index (χ1v) is 8.51. The molecule has 0 aromatic heterocycles. The van der Waals surface area contributed by atoms with E-state index < -0.39 is 0 Å². The van der Waals surface area contributed by atoms with Crippen LogP contribution in [0.2, 0.25) is 0 Å². The summed E-state index contributed by atoms with van der Waals surface area (Å²) in [5.41, 5.74) is 3.77. The molecule has 0 fully saturated rings. The van der Waals surface area contributed by atoms with E-state index >= 15 is 0 Å². The average Bonchev–Trinajstić information content (AvgIpc) is 2.83. The van der Waals surface area contributed by atoms with E-state index in [1.807, 2.05) is 0 Å². The fourth-order valence-electron chi connectivity index (χ4n) is 3.12. The summed E-state index contributed by atoms with van der Waals surface area (Å²) < 4.78 is 7.87. The van der Waals surface area contributed by atoms with Crippen LogP contribution >= 0.6 is 0 Å². The second-order valence-corrected chi connectivity index (χ2v) is 5.93. The SMILES string of the molecule is CCC[N+]1=C(OC)C=C(c2ccccc2)C(c2ccccc2)C=C1. The van der Waals surface area contributed by atoms with E-state index in [9.17, 15) is 0 Å². The first-order valence-electron chi connectivity index (χ1n) is 8.51. The number of hydrogen-bond acceptors (Lipinski definition) is 1. The van der Waals surface area contributed by atoms with Crippen molar-refractivity contribution in [2.45, 2.75) is 19.3 Å². The molecule has 1 aliphatic heterocycles. The Kier molecular flexibility index (Phi) is 5.27. The van der Waals surface area contributed by atoms with Crippen molar-refractivity contribution in [1.29, 1.82) is 0 Å². The standard InChI is InChI=1S/C22H24NO/c1-3-15-23-16-14-20(18-10-6-4-7-11-18)21(17-22(23)24-2)19-12-8-5-9-13-19/h4-14,16-17,20H,3,15H2,1-2H3/q+1. The largest absolute Gasteiger partial charge is 0.448 e. The fraction of sp³-hybridized carbons (Fsp3) is 0.227. The number of benzene rings is 2. The number of ether oxygens (including phenoxy) is 1. The molecule has 2 nitrogen and oxygen atoms in total. The zero-order valence-electron chi connectivity index (χ0n) is 14.4. The van der Waals surface area contributed by atoms with Gasteiger partial charge in [-0.2, -0.15) is 4.58 Å². The maximum absolute atomic E-state index is 5.69. The summed E-state index contributed by atoms with van der Waals surface area (Å²) in [5, 5.41) is 0. The van der Waals surface area contributed by atoms with Crippen LogP contribution in [0.3, 0.4) is 0 Å². The molecule has 0 saturated heterocycles. The van der Waals surface area contributed by atoms with Crippen molar-refractivity contribution in [1.82, 2.24) is 0 Å². The highest BCUT2D eigenvalue weighted by atomic mass is 16.5. The molecule has 2 heteroatoms. The lowest BCUT2D eigenvalue weighted by molar-refractivity contribution is -0.465. The maximum atomic E-state index is 5.69. The predicted octanol–water partition coefficient (Wildman–Crippen LogP) is 4.85. The fourth-order valence-corrected chi connectivity index (χ4v) is 3.12. The van der Waals surface area contributed by atoms with E-state index in [2.05, 4.69) is 90.5 Å². The van der Waals surface area contributed by atoms with Crippen molar-refractivity contribution < 1.29 is 9.31 Å². The van der Waals surface area contributed by atoms with Crippen LogP contribution in [0.5, 0.6) is 0 Å². The number of hydrogen-bond donors (Lipinski definition) is 0. The van der Waals surface area contributed by atoms with Gasteiger partial charge in [0.15, 0.2) is 12.7 Å². The first kappa shape index (κ1) is 16.3. The van der Waals surface area contributed by atoms with Crippen molar-refractivity contribution in [3.63, 3.8) is 0 Å². The quantitative estimate of drug-likeness (QED) is 0.734. The molecule has 1 unspecified atom stereocenters. The lowest BCUT2D eigenvalue weighted by Gasteiger charge is -2.16. The summed E-state index contributed by atoms with van der Waals surface area (Å²) in [4.78, 5) is 0. The molecule has 0 radical (unpaired) electrons. The van der Waals surface area contributed by atoms with Gasteiger partial charge in [-0.25, -0.2) is 0 Å². The maximum Gasteiger partial charge on any atom is 0.367 e. The second kappa shape index (κ2) is 7.78. The zero-order valence-corrected chi connectivity index (χ0v) is 14.4. The van der Waals surface area contributed by atoms with E-state index in [4.69, 9.17) is 4.74 Å². The van der Waals surface area contributed by atoms with Gasteiger partial charge in [0.2, 0.25) is 0 Å². The summed E-state index contributed by atoms with van der Waals surface area (Å²) >= 11 is 0. The zero-order chi connectivity index (χ0) is 16.8. The molecule has 0 bridgehead atoms. The molecule has 0 aliphatic carbocycles. The van der Waals surface area contributed by atoms with E-state index in [0.717, 1.165) is 18.9 Å². The first-order chi connectivity index (χ1) is 11.8. The van der Waals surface area contributed by atoms with Crippen molar-refractivity contribution in [3.8, 4) is 0 Å². The van der Waals surface area contributed by atoms with Crippen LogP contribution in [-0.2, 0) is 4.74 Å². The molecule has 1 heterocycles. The van der Waals surface area contributed by atoms with Gasteiger partial charge in [-0.05, 0) is 22.8 Å². The van der Waals surface area contributed by atoms with E-state index in [1.54, 1.807) is 7.11 Å². The Balaban J connectivity index is 2.14. The van der Waals surface area contributed by atoms with Gasteiger partial charge in [0.25, 0.3) is 0 Å². The topological polar surface area (TPSA) is 12.2 Å². The highest BCUT2D eigenvalue weighted by molar-refractivity contribution is 5.94. The van der Waals surface area contributed by atoms with Crippen molar-refractivity contribution >= 4 is 11.5 Å². The Morgan fingerprint density at radius 3 is 2.25 bits per heavy atom. The van der Waals surface area contributed by atoms with Crippen LogP contribution in [0.25, 0.3) is 5.57 Å². The molecular weight excluding hydrogens is 294 g/mol. The third kappa shape index (κ3) is 3.48. The normalized spacial score (nSPS) is 17.4. The minimum Gasteiger partial charge on any atom is -0.448 e. The molecule has 1 atom stereocenters. The van der Waals surface area contributed by atoms with Crippen LogP contribution in [0.1, 0.15) is 30.4 Å².